The van der Waals surface area contributed by atoms with Crippen molar-refractivity contribution >= 4 is 17.7 Å². The minimum atomic E-state index is -1.15. The van der Waals surface area contributed by atoms with Crippen LogP contribution >= 0.6 is 0 Å². The monoisotopic (exact) mass is 473 g/mol. The maximum atomic E-state index is 14.0. The summed E-state index contributed by atoms with van der Waals surface area (Å²) >= 11 is 0. The van der Waals surface area contributed by atoms with Crippen molar-refractivity contribution in [2.45, 2.75) is 76.7 Å². The van der Waals surface area contributed by atoms with Crippen molar-refractivity contribution in [3.63, 3.8) is 0 Å². The Morgan fingerprint density at radius 2 is 1.85 bits per heavy atom. The highest BCUT2D eigenvalue weighted by Gasteiger charge is 2.71. The number of carbonyl (C=O) groups excluding carboxylic acids is 3. The first-order valence-electron chi connectivity index (χ1n) is 12.9. The van der Waals surface area contributed by atoms with Crippen molar-refractivity contribution in [1.29, 1.82) is 0 Å². The van der Waals surface area contributed by atoms with Gasteiger partial charge >= 0.3 is 0 Å². The molecule has 4 rings (SSSR count). The summed E-state index contributed by atoms with van der Waals surface area (Å²) in [5, 5.41) is 9.30. The maximum Gasteiger partial charge on any atom is 0.249 e. The van der Waals surface area contributed by atoms with Crippen LogP contribution < -0.4 is 0 Å². The summed E-state index contributed by atoms with van der Waals surface area (Å²) in [7, 11) is 0. The van der Waals surface area contributed by atoms with E-state index < -0.39 is 29.6 Å². The van der Waals surface area contributed by atoms with Crippen LogP contribution in [0, 0.1) is 11.8 Å². The molecule has 4 aliphatic heterocycles. The Labute approximate surface area is 202 Å². The van der Waals surface area contributed by atoms with Gasteiger partial charge in [0.2, 0.25) is 17.7 Å². The van der Waals surface area contributed by atoms with Crippen LogP contribution in [0.15, 0.2) is 24.3 Å². The van der Waals surface area contributed by atoms with E-state index in [1.165, 1.54) is 0 Å². The molecule has 2 saturated heterocycles. The summed E-state index contributed by atoms with van der Waals surface area (Å²) in [6, 6.07) is -0.756. The third kappa shape index (κ3) is 3.98. The lowest BCUT2D eigenvalue weighted by molar-refractivity contribution is -0.149. The van der Waals surface area contributed by atoms with Gasteiger partial charge in [0.15, 0.2) is 0 Å². The van der Waals surface area contributed by atoms with Crippen LogP contribution in [-0.4, -0.2) is 94.1 Å². The predicted molar refractivity (Wildman–Crippen MR) is 128 cm³/mol. The van der Waals surface area contributed by atoms with Crippen molar-refractivity contribution < 1.29 is 24.2 Å². The van der Waals surface area contributed by atoms with Gasteiger partial charge in [-0.25, -0.2) is 0 Å². The largest absolute Gasteiger partial charge is 0.396 e. The average Bonchev–Trinajstić information content (AvgIpc) is 3.12. The van der Waals surface area contributed by atoms with Gasteiger partial charge in [0.1, 0.15) is 11.6 Å². The Balaban J connectivity index is 1.76. The Kier molecular flexibility index (Phi) is 7.48. The van der Waals surface area contributed by atoms with Gasteiger partial charge in [-0.2, -0.15) is 0 Å². The zero-order chi connectivity index (χ0) is 24.5. The van der Waals surface area contributed by atoms with Gasteiger partial charge in [-0.3, -0.25) is 14.4 Å². The molecule has 6 atom stereocenters. The van der Waals surface area contributed by atoms with E-state index in [0.717, 1.165) is 19.3 Å². The molecule has 4 aliphatic rings. The Morgan fingerprint density at radius 1 is 1.06 bits per heavy atom. The lowest BCUT2D eigenvalue weighted by Gasteiger charge is -2.37. The molecule has 8 heteroatoms. The zero-order valence-corrected chi connectivity index (χ0v) is 20.7. The Bertz CT molecular complexity index is 857. The molecule has 188 valence electrons. The van der Waals surface area contributed by atoms with E-state index in [2.05, 4.69) is 6.92 Å². The predicted octanol–water partition coefficient (Wildman–Crippen LogP) is 1.74. The Hall–Kier alpha value is -2.19. The minimum absolute atomic E-state index is 0.0330. The number of ether oxygens (including phenoxy) is 1. The van der Waals surface area contributed by atoms with Crippen LogP contribution in [0.4, 0.5) is 0 Å². The number of nitrogens with zero attached hydrogens (tertiary/aromatic N) is 3. The topological polar surface area (TPSA) is 90.4 Å². The molecule has 0 saturated carbocycles. The van der Waals surface area contributed by atoms with Gasteiger partial charge in [0.25, 0.3) is 0 Å². The molecule has 0 aliphatic carbocycles. The second-order valence-corrected chi connectivity index (χ2v) is 10.0. The van der Waals surface area contributed by atoms with Crippen LogP contribution in [0.5, 0.6) is 0 Å². The van der Waals surface area contributed by atoms with E-state index >= 15 is 0 Å². The summed E-state index contributed by atoms with van der Waals surface area (Å²) in [4.78, 5) is 47.0. The fourth-order valence-corrected chi connectivity index (χ4v) is 6.28. The first kappa shape index (κ1) is 24.9. The summed E-state index contributed by atoms with van der Waals surface area (Å²) in [5.74, 6) is -1.72. The minimum Gasteiger partial charge on any atom is -0.396 e. The standard InChI is InChI=1S/C26H39N3O5/c1-4-10-18(3)28-16-9-12-26-21(24(32)29(15-6-7-17-30)22(26)25(28)33)20-19(34-26)11-8-14-27(13-5-2)23(20)31/h8-9,11-12,18-22,30H,4-7,10,13-17H2,1-3H3/t18?,19-,20+,21-,22?,26-/m0/s1. The molecule has 1 N–H and O–H groups in total. The van der Waals surface area contributed by atoms with Crippen molar-refractivity contribution in [3.8, 4) is 0 Å². The fraction of sp³-hybridized carbons (Fsp3) is 0.731. The van der Waals surface area contributed by atoms with Gasteiger partial charge in [-0.05, 0) is 32.6 Å². The average molecular weight is 474 g/mol. The van der Waals surface area contributed by atoms with Crippen molar-refractivity contribution in [3.05, 3.63) is 24.3 Å². The van der Waals surface area contributed by atoms with E-state index in [9.17, 15) is 19.5 Å². The SMILES string of the molecule is CCCC(C)N1CC=C[C@]23O[C@H]4C=CCN(CCC)C(=O)[C@H]4[C@H]2C(=O)N(CCCCO)C3C1=O. The molecule has 0 bridgehead atoms. The van der Waals surface area contributed by atoms with E-state index in [1.807, 2.05) is 43.1 Å². The third-order valence-corrected chi connectivity index (χ3v) is 7.81. The summed E-state index contributed by atoms with van der Waals surface area (Å²) in [6.45, 7) is 8.18. The smallest absolute Gasteiger partial charge is 0.249 e. The molecule has 1 spiro atoms. The van der Waals surface area contributed by atoms with Gasteiger partial charge in [-0.1, -0.05) is 44.6 Å². The fourth-order valence-electron chi connectivity index (χ4n) is 6.28. The van der Waals surface area contributed by atoms with Gasteiger partial charge in [0.05, 0.1) is 17.9 Å². The molecule has 0 radical (unpaired) electrons. The number of amides is 3. The van der Waals surface area contributed by atoms with E-state index in [0.29, 0.717) is 39.0 Å². The molecular formula is C26H39N3O5. The summed E-state index contributed by atoms with van der Waals surface area (Å²) in [5.41, 5.74) is -1.15. The molecule has 0 aromatic carbocycles. The molecule has 2 unspecified atom stereocenters. The first-order valence-corrected chi connectivity index (χ1v) is 12.9. The molecular weight excluding hydrogens is 434 g/mol. The lowest BCUT2D eigenvalue weighted by Crippen LogP contribution is -2.56. The van der Waals surface area contributed by atoms with Crippen molar-refractivity contribution in [1.82, 2.24) is 14.7 Å². The molecule has 34 heavy (non-hydrogen) atoms. The quantitative estimate of drug-likeness (QED) is 0.407. The van der Waals surface area contributed by atoms with Crippen LogP contribution in [0.1, 0.15) is 52.9 Å². The first-order chi connectivity index (χ1) is 16.4. The maximum absolute atomic E-state index is 14.0. The molecule has 4 heterocycles. The lowest BCUT2D eigenvalue weighted by atomic mass is 9.77. The van der Waals surface area contributed by atoms with Crippen LogP contribution in [0.25, 0.3) is 0 Å². The number of carbonyl (C=O) groups is 3. The number of aliphatic hydroxyl groups is 1. The van der Waals surface area contributed by atoms with E-state index in [-0.39, 0.29) is 30.4 Å². The van der Waals surface area contributed by atoms with Gasteiger partial charge in [0, 0.05) is 38.8 Å². The second kappa shape index (κ2) is 10.2. The number of fused-ring (bicyclic) bond motifs is 2. The number of aliphatic hydroxyl groups excluding tert-OH is 1. The highest BCUT2D eigenvalue weighted by Crippen LogP contribution is 2.53. The number of hydrogen-bond acceptors (Lipinski definition) is 5. The third-order valence-electron chi connectivity index (χ3n) is 7.81. The van der Waals surface area contributed by atoms with Crippen molar-refractivity contribution in [2.75, 3.05) is 32.8 Å². The molecule has 2 fully saturated rings. The normalized spacial score (nSPS) is 33.6. The molecule has 0 aromatic rings. The zero-order valence-electron chi connectivity index (χ0n) is 20.7. The Morgan fingerprint density at radius 3 is 2.56 bits per heavy atom. The van der Waals surface area contributed by atoms with Gasteiger partial charge < -0.3 is 24.5 Å². The van der Waals surface area contributed by atoms with Crippen LogP contribution in [0.3, 0.4) is 0 Å². The molecule has 3 amide bonds. The van der Waals surface area contributed by atoms with E-state index in [4.69, 9.17) is 4.74 Å². The number of likely N-dealkylation sites (tertiary alicyclic amines) is 1. The summed E-state index contributed by atoms with van der Waals surface area (Å²) in [6.07, 6.45) is 11.0. The number of rotatable bonds is 9. The van der Waals surface area contributed by atoms with Crippen LogP contribution in [-0.2, 0) is 19.1 Å². The molecule has 8 nitrogen and oxygen atoms in total. The van der Waals surface area contributed by atoms with E-state index in [1.54, 1.807) is 9.80 Å². The highest BCUT2D eigenvalue weighted by atomic mass is 16.5. The van der Waals surface area contributed by atoms with Gasteiger partial charge in [-0.15, -0.1) is 0 Å². The number of hydrogen-bond donors (Lipinski definition) is 1. The molecule has 0 aromatic heterocycles. The van der Waals surface area contributed by atoms with Crippen LogP contribution in [0.2, 0.25) is 0 Å². The number of unbranched alkanes of at least 4 members (excludes halogenated alkanes) is 1. The summed E-state index contributed by atoms with van der Waals surface area (Å²) < 4.78 is 6.62. The second-order valence-electron chi connectivity index (χ2n) is 10.0. The highest BCUT2D eigenvalue weighted by molar-refractivity contribution is 5.99. The van der Waals surface area contributed by atoms with Crippen molar-refractivity contribution in [2.24, 2.45) is 11.8 Å².